The van der Waals surface area contributed by atoms with E-state index >= 15 is 8.78 Å². The van der Waals surface area contributed by atoms with Gasteiger partial charge in [0.1, 0.15) is 13.2 Å². The Kier molecular flexibility index (Phi) is 38.7. The Morgan fingerprint density at radius 1 is 0.492 bits per heavy atom. The highest BCUT2D eigenvalue weighted by atomic mass is 31.1. The standard InChI is InChI=1S/C32H68B.C21H29F8P/c1-5-9-13-17-21-25-29-33(30-26-22-18-14-10-6-2,31-27-23-19-15-11-7-3)32-28-24-20-16-12-8-4;1-3-9-15(2)14-30(17-11-8-10-16(22)19(17)24)21(28,29)18(23)12-6-4-5-7-13-20(25,26)27/h5-32H2,1-4H3;8,10-11,15,18H,3-7,9,12-14H2,1-2H3/q-1;/p+1. The third-order valence-electron chi connectivity index (χ3n) is 13.8. The van der Waals surface area contributed by atoms with E-state index < -0.39 is 55.7 Å². The fourth-order valence-corrected chi connectivity index (χ4v) is 12.7. The molecule has 0 aromatic heterocycles. The van der Waals surface area contributed by atoms with Crippen molar-refractivity contribution in [2.45, 2.75) is 290 Å². The van der Waals surface area contributed by atoms with Gasteiger partial charge in [-0.3, -0.25) is 0 Å². The summed E-state index contributed by atoms with van der Waals surface area (Å²) in [7, 11) is -3.11. The largest absolute Gasteiger partial charge is 0.389 e. The van der Waals surface area contributed by atoms with E-state index in [2.05, 4.69) is 27.7 Å². The molecule has 0 amide bonds. The SMILES string of the molecule is CCCC(C)C[PH+](c1cccc(F)c1F)C(F)(F)C(F)CCCCCCC(F)(F)F.CCCCCCCC[B-](CCCCCCCC)(CCCCCCCC)CCCCCCCC. The fraction of sp³-hybridized carbons (Fsp3) is 0.887. The average Bonchev–Trinajstić information content (AvgIpc) is 3.24. The zero-order valence-electron chi connectivity index (χ0n) is 41.7. The Morgan fingerprint density at radius 3 is 1.27 bits per heavy atom. The van der Waals surface area contributed by atoms with Gasteiger partial charge < -0.3 is 0 Å². The van der Waals surface area contributed by atoms with Crippen molar-refractivity contribution in [2.75, 3.05) is 6.16 Å². The van der Waals surface area contributed by atoms with Crippen molar-refractivity contribution in [3.63, 3.8) is 0 Å². The summed E-state index contributed by atoms with van der Waals surface area (Å²) in [5.74, 6) is -2.80. The van der Waals surface area contributed by atoms with Crippen molar-refractivity contribution in [3.05, 3.63) is 29.8 Å². The summed E-state index contributed by atoms with van der Waals surface area (Å²) >= 11 is 0. The van der Waals surface area contributed by atoms with Crippen LogP contribution in [-0.2, 0) is 0 Å². The number of hydrogen-bond acceptors (Lipinski definition) is 0. The van der Waals surface area contributed by atoms with E-state index in [0.717, 1.165) is 24.6 Å². The van der Waals surface area contributed by atoms with Crippen molar-refractivity contribution in [3.8, 4) is 0 Å². The van der Waals surface area contributed by atoms with Gasteiger partial charge >= 0.3 is 11.8 Å². The van der Waals surface area contributed by atoms with E-state index in [1.165, 1.54) is 154 Å². The summed E-state index contributed by atoms with van der Waals surface area (Å²) in [6, 6.07) is 3.08. The van der Waals surface area contributed by atoms with E-state index in [-0.39, 0.29) is 43.9 Å². The molecular weight excluding hydrogens is 830 g/mol. The number of unbranched alkanes of at least 4 members (excludes halogenated alkanes) is 23. The first-order valence-electron chi connectivity index (χ1n) is 26.8. The molecule has 0 heterocycles. The number of hydrogen-bond donors (Lipinski definition) is 0. The monoisotopic (exact) mass is 929 g/mol. The van der Waals surface area contributed by atoms with Crippen LogP contribution in [0, 0.1) is 17.6 Å². The number of rotatable bonds is 41. The summed E-state index contributed by atoms with van der Waals surface area (Å²) < 4.78 is 109. The van der Waals surface area contributed by atoms with Gasteiger partial charge in [0, 0.05) is 12.6 Å². The lowest BCUT2D eigenvalue weighted by Crippen LogP contribution is -2.34. The molecule has 0 saturated carbocycles. The first kappa shape index (κ1) is 62.2. The van der Waals surface area contributed by atoms with Crippen LogP contribution in [0.25, 0.3) is 0 Å². The minimum absolute atomic E-state index is 0.0138. The van der Waals surface area contributed by atoms with Crippen molar-refractivity contribution in [1.82, 2.24) is 0 Å². The maximum Gasteiger partial charge on any atom is 0.389 e. The van der Waals surface area contributed by atoms with Gasteiger partial charge in [0.25, 0.3) is 0 Å². The van der Waals surface area contributed by atoms with E-state index in [0.29, 0.717) is 6.42 Å². The van der Waals surface area contributed by atoms with Gasteiger partial charge in [0.2, 0.25) is 12.0 Å². The summed E-state index contributed by atoms with van der Waals surface area (Å²) in [4.78, 5) is 0. The predicted octanol–water partition coefficient (Wildman–Crippen LogP) is 21.0. The molecule has 0 saturated heterocycles. The Labute approximate surface area is 385 Å². The van der Waals surface area contributed by atoms with Crippen LogP contribution in [0.5, 0.6) is 0 Å². The van der Waals surface area contributed by atoms with Gasteiger partial charge in [-0.1, -0.05) is 227 Å². The van der Waals surface area contributed by atoms with E-state index in [4.69, 9.17) is 0 Å². The molecule has 10 heteroatoms. The van der Waals surface area contributed by atoms with Gasteiger partial charge in [0.15, 0.2) is 5.82 Å². The highest BCUT2D eigenvalue weighted by Crippen LogP contribution is 2.56. The maximum absolute atomic E-state index is 15.0. The van der Waals surface area contributed by atoms with Crippen LogP contribution in [0.4, 0.5) is 35.1 Å². The smallest absolute Gasteiger partial charge is 0.236 e. The summed E-state index contributed by atoms with van der Waals surface area (Å²) in [5, 5.41) is -0.444. The normalized spacial score (nSPS) is 13.8. The molecule has 0 nitrogen and oxygen atoms in total. The molecule has 3 unspecified atom stereocenters. The summed E-state index contributed by atoms with van der Waals surface area (Å²) in [5.41, 5.74) is -3.83. The Morgan fingerprint density at radius 2 is 0.873 bits per heavy atom. The fourth-order valence-electron chi connectivity index (χ4n) is 9.78. The Balaban J connectivity index is 0.00000122. The number of benzene rings is 1. The molecule has 0 radical (unpaired) electrons. The first-order chi connectivity index (χ1) is 30.1. The molecule has 0 aliphatic rings. The predicted molar refractivity (Wildman–Crippen MR) is 265 cm³/mol. The summed E-state index contributed by atoms with van der Waals surface area (Å²) in [6.07, 6.45) is 34.8. The van der Waals surface area contributed by atoms with E-state index in [9.17, 15) is 26.3 Å². The minimum atomic E-state index is -4.27. The van der Waals surface area contributed by atoms with Crippen LogP contribution in [-0.4, -0.2) is 30.3 Å². The molecule has 0 aliphatic carbocycles. The minimum Gasteiger partial charge on any atom is -0.236 e. The number of halogens is 8. The highest BCUT2D eigenvalue weighted by molar-refractivity contribution is 7.66. The maximum atomic E-state index is 15.0. The molecule has 63 heavy (non-hydrogen) atoms. The van der Waals surface area contributed by atoms with Crippen molar-refractivity contribution < 1.29 is 35.1 Å². The molecule has 3 atom stereocenters. The molecule has 0 spiro atoms. The molecule has 1 rings (SSSR count). The lowest BCUT2D eigenvalue weighted by molar-refractivity contribution is -0.135. The molecule has 0 N–H and O–H groups in total. The zero-order valence-corrected chi connectivity index (χ0v) is 42.7. The third-order valence-corrected chi connectivity index (χ3v) is 17.0. The molecule has 0 bridgehead atoms. The quantitative estimate of drug-likeness (QED) is 0.0266. The van der Waals surface area contributed by atoms with Gasteiger partial charge in [-0.25, -0.2) is 8.78 Å². The Hall–Kier alpha value is -0.845. The van der Waals surface area contributed by atoms with Crippen LogP contribution in [0.15, 0.2) is 18.2 Å². The van der Waals surface area contributed by atoms with E-state index in [1.807, 2.05) is 6.92 Å². The second-order valence-electron chi connectivity index (χ2n) is 19.8. The van der Waals surface area contributed by atoms with Gasteiger partial charge in [-0.2, -0.15) is 51.6 Å². The second-order valence-corrected chi connectivity index (χ2v) is 22.4. The topological polar surface area (TPSA) is 0 Å². The van der Waals surface area contributed by atoms with Crippen molar-refractivity contribution in [1.29, 1.82) is 0 Å². The van der Waals surface area contributed by atoms with Crippen LogP contribution in [0.1, 0.15) is 247 Å². The van der Waals surface area contributed by atoms with Crippen LogP contribution in [0.2, 0.25) is 25.3 Å². The van der Waals surface area contributed by atoms with Gasteiger partial charge in [0.05, 0.1) is 6.16 Å². The van der Waals surface area contributed by atoms with Crippen LogP contribution in [0.3, 0.4) is 0 Å². The molecular formula is C53H98BF8P. The first-order valence-corrected chi connectivity index (χ1v) is 28.5. The summed E-state index contributed by atoms with van der Waals surface area (Å²) in [6.45, 7) is 13.0. The lowest BCUT2D eigenvalue weighted by atomic mass is 9.17. The second kappa shape index (κ2) is 39.2. The molecule has 1 aromatic carbocycles. The third kappa shape index (κ3) is 31.7. The van der Waals surface area contributed by atoms with Crippen molar-refractivity contribution >= 4 is 19.4 Å². The van der Waals surface area contributed by atoms with E-state index in [1.54, 1.807) is 32.2 Å². The van der Waals surface area contributed by atoms with Crippen molar-refractivity contribution in [2.24, 2.45) is 5.92 Å². The average molecular weight is 929 g/mol. The van der Waals surface area contributed by atoms with Gasteiger partial charge in [-0.15, -0.1) is 0 Å². The highest BCUT2D eigenvalue weighted by Gasteiger charge is 2.56. The molecule has 0 fully saturated rings. The molecule has 374 valence electrons. The molecule has 0 aliphatic heterocycles. The van der Waals surface area contributed by atoms with Crippen LogP contribution < -0.4 is 5.30 Å². The molecule has 1 aromatic rings. The van der Waals surface area contributed by atoms with Gasteiger partial charge in [-0.05, 0) is 37.3 Å². The number of alkyl halides is 6. The Bertz CT molecular complexity index is 1090. The lowest BCUT2D eigenvalue weighted by Gasteiger charge is -2.41. The zero-order chi connectivity index (χ0) is 47.2. The van der Waals surface area contributed by atoms with Crippen LogP contribution >= 0.6 is 7.92 Å².